The number of amides is 1. The van der Waals surface area contributed by atoms with Crippen molar-refractivity contribution < 1.29 is 17.9 Å². The first kappa shape index (κ1) is 22.3. The molecule has 0 spiro atoms. The van der Waals surface area contributed by atoms with Gasteiger partial charge in [-0.25, -0.2) is 13.6 Å². The van der Waals surface area contributed by atoms with Crippen molar-refractivity contribution in [1.82, 2.24) is 0 Å². The number of nitrogens with two attached hydrogens (primary N) is 1. The Hall–Kier alpha value is -2.87. The van der Waals surface area contributed by atoms with E-state index in [9.17, 15) is 13.2 Å². The lowest BCUT2D eigenvalue weighted by molar-refractivity contribution is -0.117. The Kier molecular flexibility index (Phi) is 5.99. The van der Waals surface area contributed by atoms with Crippen LogP contribution in [0.3, 0.4) is 0 Å². The molecule has 1 amide bonds. The van der Waals surface area contributed by atoms with Crippen LogP contribution in [0.5, 0.6) is 11.5 Å². The molecule has 166 valence electrons. The van der Waals surface area contributed by atoms with E-state index in [2.05, 4.69) is 0 Å². The highest BCUT2D eigenvalue weighted by Crippen LogP contribution is 2.38. The highest BCUT2D eigenvalue weighted by molar-refractivity contribution is 7.89. The van der Waals surface area contributed by atoms with E-state index < -0.39 is 10.0 Å². The van der Waals surface area contributed by atoms with Crippen molar-refractivity contribution in [1.29, 1.82) is 0 Å². The van der Waals surface area contributed by atoms with Crippen LogP contribution in [0.25, 0.3) is 0 Å². The standard InChI is InChI=1S/C24H23ClN2O4S/c1-15-4-3-5-16(2)24(15)31-22-12-17(6-11-21(22)25)18-13-23(28)27(14-18)19-7-9-20(10-8-19)32(26,29)30/h3-12,18H,13-14H2,1-2H3,(H2,26,29,30)/t18-/m0/s1. The van der Waals surface area contributed by atoms with Crippen LogP contribution in [-0.4, -0.2) is 20.9 Å². The molecule has 1 fully saturated rings. The molecule has 1 aliphatic rings. The van der Waals surface area contributed by atoms with Gasteiger partial charge in [-0.05, 0) is 66.9 Å². The monoisotopic (exact) mass is 470 g/mol. The number of benzene rings is 3. The van der Waals surface area contributed by atoms with Crippen LogP contribution >= 0.6 is 11.6 Å². The average molecular weight is 471 g/mol. The molecule has 0 aromatic heterocycles. The van der Waals surface area contributed by atoms with E-state index in [1.54, 1.807) is 23.1 Å². The van der Waals surface area contributed by atoms with Gasteiger partial charge in [0.1, 0.15) is 11.5 Å². The minimum atomic E-state index is -3.78. The molecule has 6 nitrogen and oxygen atoms in total. The van der Waals surface area contributed by atoms with E-state index in [1.807, 2.05) is 44.2 Å². The van der Waals surface area contributed by atoms with Crippen LogP contribution in [-0.2, 0) is 14.8 Å². The van der Waals surface area contributed by atoms with Crippen molar-refractivity contribution in [3.63, 3.8) is 0 Å². The summed E-state index contributed by atoms with van der Waals surface area (Å²) in [6, 6.07) is 17.5. The number of anilines is 1. The Morgan fingerprint density at radius 2 is 1.69 bits per heavy atom. The molecule has 1 atom stereocenters. The summed E-state index contributed by atoms with van der Waals surface area (Å²) in [6.45, 7) is 4.43. The number of carbonyl (C=O) groups is 1. The normalized spacial score (nSPS) is 16.4. The van der Waals surface area contributed by atoms with Gasteiger partial charge in [-0.3, -0.25) is 4.79 Å². The molecule has 0 radical (unpaired) electrons. The molecule has 0 unspecified atom stereocenters. The first-order valence-electron chi connectivity index (χ1n) is 10.1. The predicted octanol–water partition coefficient (Wildman–Crippen LogP) is 4.92. The fourth-order valence-corrected chi connectivity index (χ4v) is 4.59. The molecule has 1 saturated heterocycles. The van der Waals surface area contributed by atoms with E-state index in [0.29, 0.717) is 29.4 Å². The summed E-state index contributed by atoms with van der Waals surface area (Å²) < 4.78 is 29.1. The average Bonchev–Trinajstić information content (AvgIpc) is 3.13. The van der Waals surface area contributed by atoms with E-state index >= 15 is 0 Å². The SMILES string of the molecule is Cc1cccc(C)c1Oc1cc([C@H]2CC(=O)N(c3ccc(S(N)(=O)=O)cc3)C2)ccc1Cl. The van der Waals surface area contributed by atoms with Crippen LogP contribution in [0.2, 0.25) is 5.02 Å². The summed E-state index contributed by atoms with van der Waals surface area (Å²) in [6.07, 6.45) is 0.335. The zero-order valence-electron chi connectivity index (χ0n) is 17.7. The summed E-state index contributed by atoms with van der Waals surface area (Å²) in [5.41, 5.74) is 3.60. The van der Waals surface area contributed by atoms with Crippen LogP contribution in [0.15, 0.2) is 65.6 Å². The fourth-order valence-electron chi connectivity index (χ4n) is 3.92. The Balaban J connectivity index is 1.57. The van der Waals surface area contributed by atoms with E-state index in [4.69, 9.17) is 21.5 Å². The number of nitrogens with zero attached hydrogens (tertiary/aromatic N) is 1. The molecule has 2 N–H and O–H groups in total. The summed E-state index contributed by atoms with van der Waals surface area (Å²) in [5.74, 6) is 1.24. The molecule has 1 aliphatic heterocycles. The summed E-state index contributed by atoms with van der Waals surface area (Å²) >= 11 is 6.40. The third kappa shape index (κ3) is 4.50. The molecule has 0 aliphatic carbocycles. The molecule has 0 saturated carbocycles. The van der Waals surface area contributed by atoms with Gasteiger partial charge in [0, 0.05) is 24.6 Å². The minimum absolute atomic E-state index is 0.00966. The van der Waals surface area contributed by atoms with E-state index in [-0.39, 0.29) is 16.7 Å². The first-order chi connectivity index (χ1) is 15.1. The van der Waals surface area contributed by atoms with Crippen molar-refractivity contribution in [2.24, 2.45) is 5.14 Å². The maximum absolute atomic E-state index is 12.7. The van der Waals surface area contributed by atoms with Crippen molar-refractivity contribution in [3.05, 3.63) is 82.4 Å². The molecular formula is C24H23ClN2O4S. The van der Waals surface area contributed by atoms with Gasteiger partial charge in [-0.1, -0.05) is 35.9 Å². The van der Waals surface area contributed by atoms with Crippen molar-refractivity contribution >= 4 is 33.2 Å². The van der Waals surface area contributed by atoms with E-state index in [1.165, 1.54) is 12.1 Å². The lowest BCUT2D eigenvalue weighted by Crippen LogP contribution is -2.24. The zero-order valence-corrected chi connectivity index (χ0v) is 19.3. The molecule has 3 aromatic carbocycles. The Labute approximate surface area is 192 Å². The number of sulfonamides is 1. The Morgan fingerprint density at radius 3 is 2.31 bits per heavy atom. The van der Waals surface area contributed by atoms with Gasteiger partial charge < -0.3 is 9.64 Å². The lowest BCUT2D eigenvalue weighted by Gasteiger charge is -2.18. The molecule has 32 heavy (non-hydrogen) atoms. The number of para-hydroxylation sites is 1. The largest absolute Gasteiger partial charge is 0.455 e. The molecule has 1 heterocycles. The van der Waals surface area contributed by atoms with Gasteiger partial charge in [0.15, 0.2) is 0 Å². The molecule has 0 bridgehead atoms. The van der Waals surface area contributed by atoms with Crippen LogP contribution in [0.1, 0.15) is 29.0 Å². The Morgan fingerprint density at radius 1 is 1.03 bits per heavy atom. The number of aryl methyl sites for hydroxylation is 2. The summed E-state index contributed by atoms with van der Waals surface area (Å²) in [4.78, 5) is 14.4. The second kappa shape index (κ2) is 8.58. The maximum atomic E-state index is 12.7. The molecule has 8 heteroatoms. The smallest absolute Gasteiger partial charge is 0.238 e. The predicted molar refractivity (Wildman–Crippen MR) is 125 cm³/mol. The number of hydrogen-bond donors (Lipinski definition) is 1. The maximum Gasteiger partial charge on any atom is 0.238 e. The number of halogens is 1. The number of rotatable bonds is 5. The fraction of sp³-hybridized carbons (Fsp3) is 0.208. The highest BCUT2D eigenvalue weighted by Gasteiger charge is 2.32. The lowest BCUT2D eigenvalue weighted by atomic mass is 9.98. The zero-order chi connectivity index (χ0) is 23.0. The van der Waals surface area contributed by atoms with Gasteiger partial charge in [0.05, 0.1) is 9.92 Å². The summed E-state index contributed by atoms with van der Waals surface area (Å²) in [7, 11) is -3.78. The second-order valence-corrected chi connectivity index (χ2v) is 9.93. The Bertz CT molecular complexity index is 1270. The van der Waals surface area contributed by atoms with Gasteiger partial charge in [-0.15, -0.1) is 0 Å². The van der Waals surface area contributed by atoms with Gasteiger partial charge in [-0.2, -0.15) is 0 Å². The number of hydrogen-bond acceptors (Lipinski definition) is 4. The molecule has 4 rings (SSSR count). The van der Waals surface area contributed by atoms with Crippen molar-refractivity contribution in [2.45, 2.75) is 31.1 Å². The summed E-state index contributed by atoms with van der Waals surface area (Å²) in [5, 5.41) is 5.65. The minimum Gasteiger partial charge on any atom is -0.455 e. The topological polar surface area (TPSA) is 89.7 Å². The number of carbonyl (C=O) groups excluding carboxylic acids is 1. The van der Waals surface area contributed by atoms with Gasteiger partial charge in [0.2, 0.25) is 15.9 Å². The first-order valence-corrected chi connectivity index (χ1v) is 12.0. The van der Waals surface area contributed by atoms with Crippen LogP contribution in [0.4, 0.5) is 5.69 Å². The second-order valence-electron chi connectivity index (χ2n) is 7.96. The van der Waals surface area contributed by atoms with Crippen LogP contribution in [0, 0.1) is 13.8 Å². The third-order valence-corrected chi connectivity index (χ3v) is 6.89. The highest BCUT2D eigenvalue weighted by atomic mass is 35.5. The third-order valence-electron chi connectivity index (χ3n) is 5.65. The van der Waals surface area contributed by atoms with Crippen LogP contribution < -0.4 is 14.8 Å². The van der Waals surface area contributed by atoms with Gasteiger partial charge >= 0.3 is 0 Å². The van der Waals surface area contributed by atoms with E-state index in [0.717, 1.165) is 22.4 Å². The molecular weight excluding hydrogens is 448 g/mol. The molecule has 3 aromatic rings. The van der Waals surface area contributed by atoms with Crippen molar-refractivity contribution in [3.8, 4) is 11.5 Å². The number of primary sulfonamides is 1. The quantitative estimate of drug-likeness (QED) is 0.573. The van der Waals surface area contributed by atoms with Crippen molar-refractivity contribution in [2.75, 3.05) is 11.4 Å². The van der Waals surface area contributed by atoms with Gasteiger partial charge in [0.25, 0.3) is 0 Å². The number of ether oxygens (including phenoxy) is 1.